The Morgan fingerprint density at radius 2 is 2.12 bits per heavy atom. The number of aliphatic hydroxyl groups is 1. The highest BCUT2D eigenvalue weighted by molar-refractivity contribution is 5.96. The number of fused-ring (bicyclic) bond motifs is 1. The molecule has 1 aromatic carbocycles. The maximum atomic E-state index is 12.9. The minimum atomic E-state index is -1.18. The average Bonchev–Trinajstić information content (AvgIpc) is 3.25. The SMILES string of the molecule is Cc1cc2cc(C(=O)N3CCC[C@@](O)(c4cn[nH]n4)C3)oc2cc1C. The van der Waals surface area contributed by atoms with E-state index in [0.29, 0.717) is 36.4 Å². The lowest BCUT2D eigenvalue weighted by molar-refractivity contribution is -0.0327. The molecule has 0 aliphatic carbocycles. The molecule has 0 unspecified atom stereocenters. The van der Waals surface area contributed by atoms with E-state index in [1.54, 1.807) is 11.0 Å². The number of rotatable bonds is 2. The molecule has 4 rings (SSSR count). The molecule has 1 aliphatic rings. The zero-order valence-electron chi connectivity index (χ0n) is 14.2. The largest absolute Gasteiger partial charge is 0.451 e. The van der Waals surface area contributed by atoms with E-state index < -0.39 is 5.60 Å². The third-order valence-corrected chi connectivity index (χ3v) is 4.99. The summed E-state index contributed by atoms with van der Waals surface area (Å²) in [5.74, 6) is 0.0810. The van der Waals surface area contributed by atoms with Gasteiger partial charge in [0.1, 0.15) is 16.9 Å². The summed E-state index contributed by atoms with van der Waals surface area (Å²) in [4.78, 5) is 14.5. The third kappa shape index (κ3) is 2.70. The van der Waals surface area contributed by atoms with Gasteiger partial charge in [0.15, 0.2) is 5.76 Å². The van der Waals surface area contributed by atoms with E-state index in [2.05, 4.69) is 15.4 Å². The summed E-state index contributed by atoms with van der Waals surface area (Å²) in [6.07, 6.45) is 2.73. The van der Waals surface area contributed by atoms with Crippen LogP contribution in [0.4, 0.5) is 0 Å². The molecule has 1 saturated heterocycles. The number of H-pyrrole nitrogens is 1. The minimum Gasteiger partial charge on any atom is -0.451 e. The van der Waals surface area contributed by atoms with Gasteiger partial charge in [0.05, 0.1) is 12.7 Å². The maximum absolute atomic E-state index is 12.9. The predicted octanol–water partition coefficient (Wildman–Crippen LogP) is 2.29. The summed E-state index contributed by atoms with van der Waals surface area (Å²) in [5.41, 5.74) is 2.26. The Morgan fingerprint density at radius 1 is 1.32 bits per heavy atom. The van der Waals surface area contributed by atoms with Crippen molar-refractivity contribution in [1.29, 1.82) is 0 Å². The van der Waals surface area contributed by atoms with E-state index in [0.717, 1.165) is 16.5 Å². The molecule has 7 nitrogen and oxygen atoms in total. The average molecular weight is 340 g/mol. The fourth-order valence-electron chi connectivity index (χ4n) is 3.41. The number of benzene rings is 1. The van der Waals surface area contributed by atoms with E-state index in [4.69, 9.17) is 4.42 Å². The van der Waals surface area contributed by atoms with Crippen molar-refractivity contribution >= 4 is 16.9 Å². The second kappa shape index (κ2) is 5.70. The molecule has 7 heteroatoms. The first-order valence-corrected chi connectivity index (χ1v) is 8.35. The van der Waals surface area contributed by atoms with Crippen LogP contribution in [0.1, 0.15) is 40.2 Å². The highest BCUT2D eigenvalue weighted by Gasteiger charge is 2.39. The van der Waals surface area contributed by atoms with Gasteiger partial charge in [0.25, 0.3) is 5.91 Å². The Bertz CT molecular complexity index is 892. The number of β-amino-alcohol motifs (C(OH)–C–C–N with tert-alkyl or cyclic N) is 1. The quantitative estimate of drug-likeness (QED) is 0.746. The molecule has 0 saturated carbocycles. The molecule has 2 aromatic heterocycles. The lowest BCUT2D eigenvalue weighted by Gasteiger charge is -2.37. The third-order valence-electron chi connectivity index (χ3n) is 4.99. The normalized spacial score (nSPS) is 21.0. The van der Waals surface area contributed by atoms with Crippen molar-refractivity contribution < 1.29 is 14.3 Å². The summed E-state index contributed by atoms with van der Waals surface area (Å²) in [6, 6.07) is 5.74. The lowest BCUT2D eigenvalue weighted by atomic mass is 9.90. The van der Waals surface area contributed by atoms with Crippen LogP contribution >= 0.6 is 0 Å². The van der Waals surface area contributed by atoms with Crippen molar-refractivity contribution in [2.45, 2.75) is 32.3 Å². The number of carbonyl (C=O) groups is 1. The number of hydrogen-bond acceptors (Lipinski definition) is 5. The molecular formula is C18H20N4O3. The first kappa shape index (κ1) is 15.8. The number of carbonyl (C=O) groups excluding carboxylic acids is 1. The fourth-order valence-corrected chi connectivity index (χ4v) is 3.41. The number of likely N-dealkylation sites (tertiary alicyclic amines) is 1. The second-order valence-electron chi connectivity index (χ2n) is 6.80. The summed E-state index contributed by atoms with van der Waals surface area (Å²) >= 11 is 0. The van der Waals surface area contributed by atoms with Crippen molar-refractivity contribution in [2.75, 3.05) is 13.1 Å². The Kier molecular flexibility index (Phi) is 3.61. The van der Waals surface area contributed by atoms with E-state index >= 15 is 0 Å². The first-order chi connectivity index (χ1) is 12.0. The van der Waals surface area contributed by atoms with Crippen molar-refractivity contribution in [3.8, 4) is 0 Å². The van der Waals surface area contributed by atoms with Crippen molar-refractivity contribution in [2.24, 2.45) is 0 Å². The van der Waals surface area contributed by atoms with Crippen LogP contribution in [0.3, 0.4) is 0 Å². The lowest BCUT2D eigenvalue weighted by Crippen LogP contribution is -2.48. The second-order valence-corrected chi connectivity index (χ2v) is 6.80. The van der Waals surface area contributed by atoms with Gasteiger partial charge in [-0.1, -0.05) is 0 Å². The van der Waals surface area contributed by atoms with Gasteiger partial charge in [-0.3, -0.25) is 4.79 Å². The van der Waals surface area contributed by atoms with E-state index in [1.165, 1.54) is 6.20 Å². The van der Waals surface area contributed by atoms with E-state index in [1.807, 2.05) is 26.0 Å². The van der Waals surface area contributed by atoms with Crippen LogP contribution in [-0.4, -0.2) is 44.4 Å². The number of aromatic amines is 1. The van der Waals surface area contributed by atoms with Gasteiger partial charge < -0.3 is 14.4 Å². The molecule has 3 heterocycles. The van der Waals surface area contributed by atoms with Gasteiger partial charge in [-0.15, -0.1) is 0 Å². The number of aryl methyl sites for hydroxylation is 2. The van der Waals surface area contributed by atoms with Gasteiger partial charge in [-0.2, -0.15) is 15.4 Å². The molecule has 3 aromatic rings. The number of aromatic nitrogens is 3. The standard InChI is InChI=1S/C18H20N4O3/c1-11-6-13-8-15(25-14(13)7-12(11)2)17(23)22-5-3-4-18(24,10-22)16-9-19-21-20-16/h6-9,24H,3-5,10H2,1-2H3,(H,19,20,21)/t18-/m0/s1. The van der Waals surface area contributed by atoms with Crippen LogP contribution in [0.5, 0.6) is 0 Å². The highest BCUT2D eigenvalue weighted by Crippen LogP contribution is 2.31. The number of hydrogen-bond donors (Lipinski definition) is 2. The summed E-state index contributed by atoms with van der Waals surface area (Å²) in [5, 5.41) is 22.0. The van der Waals surface area contributed by atoms with Crippen LogP contribution in [0.15, 0.2) is 28.8 Å². The van der Waals surface area contributed by atoms with Crippen LogP contribution in [0.2, 0.25) is 0 Å². The monoisotopic (exact) mass is 340 g/mol. The molecule has 0 bridgehead atoms. The van der Waals surface area contributed by atoms with E-state index in [-0.39, 0.29) is 12.5 Å². The van der Waals surface area contributed by atoms with Gasteiger partial charge in [0.2, 0.25) is 0 Å². The summed E-state index contributed by atoms with van der Waals surface area (Å²) < 4.78 is 5.77. The summed E-state index contributed by atoms with van der Waals surface area (Å²) in [6.45, 7) is 4.80. The molecule has 1 aliphatic heterocycles. The fraction of sp³-hybridized carbons (Fsp3) is 0.389. The first-order valence-electron chi connectivity index (χ1n) is 8.35. The molecule has 0 spiro atoms. The highest BCUT2D eigenvalue weighted by atomic mass is 16.3. The van der Waals surface area contributed by atoms with Crippen LogP contribution in [0, 0.1) is 13.8 Å². The zero-order chi connectivity index (χ0) is 17.6. The Balaban J connectivity index is 1.62. The Labute approximate surface area is 144 Å². The molecule has 25 heavy (non-hydrogen) atoms. The van der Waals surface area contributed by atoms with Crippen molar-refractivity contribution in [1.82, 2.24) is 20.3 Å². The minimum absolute atomic E-state index is 0.174. The smallest absolute Gasteiger partial charge is 0.289 e. The van der Waals surface area contributed by atoms with Gasteiger partial charge in [-0.25, -0.2) is 0 Å². The number of furan rings is 1. The molecule has 130 valence electrons. The Morgan fingerprint density at radius 3 is 2.88 bits per heavy atom. The van der Waals surface area contributed by atoms with Gasteiger partial charge >= 0.3 is 0 Å². The van der Waals surface area contributed by atoms with Crippen molar-refractivity contribution in [3.05, 3.63) is 47.0 Å². The zero-order valence-corrected chi connectivity index (χ0v) is 14.2. The van der Waals surface area contributed by atoms with Gasteiger partial charge in [-0.05, 0) is 56.0 Å². The van der Waals surface area contributed by atoms with Crippen molar-refractivity contribution in [3.63, 3.8) is 0 Å². The van der Waals surface area contributed by atoms with Gasteiger partial charge in [0, 0.05) is 11.9 Å². The number of piperidine rings is 1. The number of nitrogens with one attached hydrogen (secondary N) is 1. The van der Waals surface area contributed by atoms with E-state index in [9.17, 15) is 9.90 Å². The molecule has 1 fully saturated rings. The van der Waals surface area contributed by atoms with Crippen LogP contribution < -0.4 is 0 Å². The molecule has 1 amide bonds. The maximum Gasteiger partial charge on any atom is 0.289 e. The Hall–Kier alpha value is -2.67. The van der Waals surface area contributed by atoms with Crippen LogP contribution in [0.25, 0.3) is 11.0 Å². The predicted molar refractivity (Wildman–Crippen MR) is 91.1 cm³/mol. The molecular weight excluding hydrogens is 320 g/mol. The number of nitrogens with zero attached hydrogens (tertiary/aromatic N) is 3. The topological polar surface area (TPSA) is 95.2 Å². The molecule has 0 radical (unpaired) electrons. The van der Waals surface area contributed by atoms with Crippen LogP contribution in [-0.2, 0) is 5.60 Å². The number of amides is 1. The summed E-state index contributed by atoms with van der Waals surface area (Å²) in [7, 11) is 0. The molecule has 1 atom stereocenters. The molecule has 2 N–H and O–H groups in total.